The number of rotatable bonds is 6. The molecule has 21 heavy (non-hydrogen) atoms. The van der Waals surface area contributed by atoms with Crippen LogP contribution in [0, 0.1) is 5.82 Å². The average molecular weight is 293 g/mol. The number of unbranched alkanes of at least 4 members (excludes halogenated alkanes) is 1. The molecule has 0 bridgehead atoms. The maximum atomic E-state index is 13.4. The minimum Gasteiger partial charge on any atom is -0.322 e. The molecule has 1 amide bonds. The molecule has 1 heterocycles. The Bertz CT molecular complexity index is 492. The quantitative estimate of drug-likeness (QED) is 0.815. The van der Waals surface area contributed by atoms with Crippen LogP contribution in [0.25, 0.3) is 0 Å². The van der Waals surface area contributed by atoms with Gasteiger partial charge in [-0.2, -0.15) is 0 Å². The van der Waals surface area contributed by atoms with Crippen molar-refractivity contribution in [1.82, 2.24) is 15.1 Å². The third kappa shape index (κ3) is 4.02. The summed E-state index contributed by atoms with van der Waals surface area (Å²) in [6.07, 6.45) is 1.77. The monoisotopic (exact) mass is 293 g/mol. The van der Waals surface area contributed by atoms with Crippen LogP contribution in [-0.2, 0) is 4.79 Å². The molecule has 0 radical (unpaired) electrons. The zero-order valence-corrected chi connectivity index (χ0v) is 13.0. The zero-order chi connectivity index (χ0) is 15.4. The van der Waals surface area contributed by atoms with Crippen LogP contribution >= 0.6 is 0 Å². The van der Waals surface area contributed by atoms with Crippen molar-refractivity contribution in [1.29, 1.82) is 0 Å². The molecule has 0 aliphatic carbocycles. The fourth-order valence-corrected chi connectivity index (χ4v) is 2.68. The molecule has 1 fully saturated rings. The minimum absolute atomic E-state index is 0.0918. The first-order valence-corrected chi connectivity index (χ1v) is 7.46. The Balaban J connectivity index is 2.03. The van der Waals surface area contributed by atoms with Crippen molar-refractivity contribution in [2.75, 3.05) is 27.2 Å². The summed E-state index contributed by atoms with van der Waals surface area (Å²) in [4.78, 5) is 16.2. The second-order valence-electron chi connectivity index (χ2n) is 5.89. The normalized spacial score (nSPS) is 22.3. The molecule has 0 aromatic heterocycles. The van der Waals surface area contributed by atoms with Gasteiger partial charge in [0, 0.05) is 6.54 Å². The minimum atomic E-state index is -0.270. The van der Waals surface area contributed by atoms with Gasteiger partial charge in [0.05, 0.1) is 6.04 Å². The van der Waals surface area contributed by atoms with Gasteiger partial charge in [0.1, 0.15) is 12.0 Å². The van der Waals surface area contributed by atoms with E-state index in [9.17, 15) is 9.18 Å². The third-order valence-electron chi connectivity index (χ3n) is 3.79. The Hall–Kier alpha value is -1.46. The van der Waals surface area contributed by atoms with E-state index >= 15 is 0 Å². The molecule has 1 aromatic rings. The van der Waals surface area contributed by atoms with Crippen molar-refractivity contribution in [3.05, 3.63) is 35.6 Å². The van der Waals surface area contributed by atoms with Gasteiger partial charge in [-0.15, -0.1) is 0 Å². The van der Waals surface area contributed by atoms with Crippen LogP contribution in [-0.4, -0.2) is 48.9 Å². The molecule has 2 rings (SSSR count). The number of nitrogens with one attached hydrogen (secondary N) is 1. The van der Waals surface area contributed by atoms with E-state index in [4.69, 9.17) is 0 Å². The first kappa shape index (κ1) is 15.9. The van der Waals surface area contributed by atoms with Gasteiger partial charge in [0.25, 0.3) is 0 Å². The zero-order valence-electron chi connectivity index (χ0n) is 13.0. The lowest BCUT2D eigenvalue weighted by atomic mass is 10.1. The lowest BCUT2D eigenvalue weighted by molar-refractivity contribution is -0.129. The summed E-state index contributed by atoms with van der Waals surface area (Å²) in [6, 6.07) is 6.25. The second-order valence-corrected chi connectivity index (χ2v) is 5.89. The van der Waals surface area contributed by atoms with E-state index in [2.05, 4.69) is 10.2 Å². The summed E-state index contributed by atoms with van der Waals surface area (Å²) in [5, 5.41) is 3.25. The molecule has 1 aliphatic rings. The highest BCUT2D eigenvalue weighted by Crippen LogP contribution is 2.26. The van der Waals surface area contributed by atoms with E-state index in [-0.39, 0.29) is 23.9 Å². The number of halogens is 1. The highest BCUT2D eigenvalue weighted by molar-refractivity contribution is 5.84. The lowest BCUT2D eigenvalue weighted by Gasteiger charge is -2.25. The van der Waals surface area contributed by atoms with Gasteiger partial charge >= 0.3 is 0 Å². The molecule has 2 atom stereocenters. The first-order chi connectivity index (χ1) is 9.99. The van der Waals surface area contributed by atoms with E-state index < -0.39 is 0 Å². The number of amides is 1. The van der Waals surface area contributed by atoms with Crippen LogP contribution in [0.15, 0.2) is 24.3 Å². The highest BCUT2D eigenvalue weighted by atomic mass is 19.1. The predicted molar refractivity (Wildman–Crippen MR) is 81.2 cm³/mol. The van der Waals surface area contributed by atoms with Gasteiger partial charge in [-0.1, -0.05) is 12.1 Å². The first-order valence-electron chi connectivity index (χ1n) is 7.46. The summed E-state index contributed by atoms with van der Waals surface area (Å²) < 4.78 is 13.4. The van der Waals surface area contributed by atoms with Crippen LogP contribution in [0.1, 0.15) is 31.5 Å². The third-order valence-corrected chi connectivity index (χ3v) is 3.79. The Labute approximate surface area is 125 Å². The van der Waals surface area contributed by atoms with Crippen molar-refractivity contribution in [3.63, 3.8) is 0 Å². The molecule has 1 N–H and O–H groups in total. The van der Waals surface area contributed by atoms with Crippen molar-refractivity contribution >= 4 is 5.91 Å². The van der Waals surface area contributed by atoms with Gasteiger partial charge < -0.3 is 9.80 Å². The van der Waals surface area contributed by atoms with Crippen LogP contribution in [0.5, 0.6) is 0 Å². The molecular formula is C16H24FN3O. The van der Waals surface area contributed by atoms with E-state index in [1.165, 1.54) is 12.1 Å². The number of hydrogen-bond donors (Lipinski definition) is 1. The van der Waals surface area contributed by atoms with E-state index in [1.807, 2.05) is 32.0 Å². The van der Waals surface area contributed by atoms with Gasteiger partial charge in [0.15, 0.2) is 0 Å². The highest BCUT2D eigenvalue weighted by Gasteiger charge is 2.36. The second kappa shape index (κ2) is 7.00. The average Bonchev–Trinajstić information content (AvgIpc) is 2.71. The number of carbonyl (C=O) groups excluding carboxylic acids is 1. The lowest BCUT2D eigenvalue weighted by Crippen LogP contribution is -2.32. The summed E-state index contributed by atoms with van der Waals surface area (Å²) >= 11 is 0. The number of hydrogen-bond acceptors (Lipinski definition) is 3. The molecule has 4 nitrogen and oxygen atoms in total. The molecule has 5 heteroatoms. The molecule has 0 spiro atoms. The molecule has 1 aromatic carbocycles. The molecular weight excluding hydrogens is 269 g/mol. The van der Waals surface area contributed by atoms with Crippen molar-refractivity contribution < 1.29 is 9.18 Å². The molecule has 1 saturated heterocycles. The maximum absolute atomic E-state index is 13.4. The van der Waals surface area contributed by atoms with Gasteiger partial charge in [-0.3, -0.25) is 10.1 Å². The van der Waals surface area contributed by atoms with Crippen LogP contribution < -0.4 is 5.32 Å². The number of benzene rings is 1. The Morgan fingerprint density at radius 1 is 1.33 bits per heavy atom. The van der Waals surface area contributed by atoms with Gasteiger partial charge in [-0.25, -0.2) is 4.39 Å². The van der Waals surface area contributed by atoms with Crippen molar-refractivity contribution in [2.45, 2.75) is 32.0 Å². The van der Waals surface area contributed by atoms with Crippen molar-refractivity contribution in [2.24, 2.45) is 0 Å². The smallest absolute Gasteiger partial charge is 0.241 e. The summed E-state index contributed by atoms with van der Waals surface area (Å²) in [5.41, 5.74) is 0.806. The molecule has 0 saturated carbocycles. The Morgan fingerprint density at radius 3 is 2.76 bits per heavy atom. The van der Waals surface area contributed by atoms with E-state index in [0.717, 1.165) is 24.9 Å². The molecule has 2 unspecified atom stereocenters. The molecule has 1 aliphatic heterocycles. The van der Waals surface area contributed by atoms with Crippen LogP contribution in [0.4, 0.5) is 4.39 Å². The largest absolute Gasteiger partial charge is 0.322 e. The van der Waals surface area contributed by atoms with E-state index in [1.54, 1.807) is 6.07 Å². The Kier molecular flexibility index (Phi) is 5.31. The number of carbonyl (C=O) groups is 1. The van der Waals surface area contributed by atoms with Crippen LogP contribution in [0.2, 0.25) is 0 Å². The SMILES string of the molecule is CC1NC(c2cccc(F)c2)N(CCCCN(C)C)C1=O. The maximum Gasteiger partial charge on any atom is 0.241 e. The molecule has 116 valence electrons. The fraction of sp³-hybridized carbons (Fsp3) is 0.562. The van der Waals surface area contributed by atoms with Gasteiger partial charge in [0.2, 0.25) is 5.91 Å². The van der Waals surface area contributed by atoms with Crippen molar-refractivity contribution in [3.8, 4) is 0 Å². The van der Waals surface area contributed by atoms with Gasteiger partial charge in [-0.05, 0) is 58.1 Å². The summed E-state index contributed by atoms with van der Waals surface area (Å²) in [5.74, 6) is -0.178. The topological polar surface area (TPSA) is 35.6 Å². The van der Waals surface area contributed by atoms with E-state index in [0.29, 0.717) is 6.54 Å². The fourth-order valence-electron chi connectivity index (χ4n) is 2.68. The standard InChI is InChI=1S/C16H24FN3O/c1-12-16(21)20(10-5-4-9-19(2)3)15(18-12)13-7-6-8-14(17)11-13/h6-8,11-12,15,18H,4-5,9-10H2,1-3H3. The summed E-state index contributed by atoms with van der Waals surface area (Å²) in [6.45, 7) is 3.56. The summed E-state index contributed by atoms with van der Waals surface area (Å²) in [7, 11) is 4.08. The Morgan fingerprint density at radius 2 is 2.10 bits per heavy atom. The predicted octanol–water partition coefficient (Wildman–Crippen LogP) is 1.99. The van der Waals surface area contributed by atoms with Crippen LogP contribution in [0.3, 0.4) is 0 Å². The number of nitrogens with zero attached hydrogens (tertiary/aromatic N) is 2.